The summed E-state index contributed by atoms with van der Waals surface area (Å²) in [5.74, 6) is -0.135. The molecule has 1 heterocycles. The number of amides is 1. The molecule has 4 nitrogen and oxygen atoms in total. The molecule has 6 heteroatoms. The van der Waals surface area contributed by atoms with Crippen LogP contribution in [0.1, 0.15) is 11.1 Å². The van der Waals surface area contributed by atoms with Gasteiger partial charge in [-0.15, -0.1) is 0 Å². The molecule has 0 aliphatic carbocycles. The van der Waals surface area contributed by atoms with E-state index in [9.17, 15) is 4.79 Å². The van der Waals surface area contributed by atoms with Gasteiger partial charge >= 0.3 is 0 Å². The highest BCUT2D eigenvalue weighted by molar-refractivity contribution is 6.31. The van der Waals surface area contributed by atoms with Gasteiger partial charge in [-0.3, -0.25) is 4.79 Å². The number of halogens is 2. The number of hydrogen-bond acceptors (Lipinski definition) is 3. The van der Waals surface area contributed by atoms with Crippen molar-refractivity contribution in [1.82, 2.24) is 10.2 Å². The molecule has 3 rings (SSSR count). The number of piperazine rings is 1. The summed E-state index contributed by atoms with van der Waals surface area (Å²) in [7, 11) is 2.13. The minimum Gasteiger partial charge on any atom is -0.368 e. The van der Waals surface area contributed by atoms with Crippen molar-refractivity contribution in [3.05, 3.63) is 69.7 Å². The fourth-order valence-corrected chi connectivity index (χ4v) is 3.29. The maximum atomic E-state index is 12.2. The average Bonchev–Trinajstić information content (AvgIpc) is 2.67. The summed E-state index contributed by atoms with van der Waals surface area (Å²) in [6, 6.07) is 13.2. The highest BCUT2D eigenvalue weighted by Crippen LogP contribution is 2.27. The van der Waals surface area contributed by atoms with E-state index < -0.39 is 0 Å². The van der Waals surface area contributed by atoms with Gasteiger partial charge in [0.15, 0.2) is 0 Å². The molecule has 0 radical (unpaired) electrons. The Balaban J connectivity index is 1.65. The first-order valence-corrected chi connectivity index (χ1v) is 9.70. The summed E-state index contributed by atoms with van der Waals surface area (Å²) in [6.45, 7) is 4.38. The van der Waals surface area contributed by atoms with Crippen LogP contribution < -0.4 is 10.2 Å². The van der Waals surface area contributed by atoms with E-state index in [2.05, 4.69) is 22.2 Å². The predicted octanol–water partition coefficient (Wildman–Crippen LogP) is 4.07. The van der Waals surface area contributed by atoms with Crippen LogP contribution in [0.25, 0.3) is 6.08 Å². The zero-order chi connectivity index (χ0) is 19.2. The van der Waals surface area contributed by atoms with Crippen molar-refractivity contribution in [3.8, 4) is 0 Å². The molecule has 0 spiro atoms. The average molecular weight is 404 g/mol. The monoisotopic (exact) mass is 403 g/mol. The van der Waals surface area contributed by atoms with Crippen LogP contribution in [0.4, 0.5) is 5.69 Å². The molecular formula is C21H23Cl2N3O. The number of carbonyl (C=O) groups is 1. The molecule has 0 unspecified atom stereocenters. The van der Waals surface area contributed by atoms with E-state index in [4.69, 9.17) is 23.2 Å². The van der Waals surface area contributed by atoms with Gasteiger partial charge in [0.05, 0.1) is 0 Å². The number of anilines is 1. The van der Waals surface area contributed by atoms with Gasteiger partial charge in [0.2, 0.25) is 5.91 Å². The fourth-order valence-electron chi connectivity index (χ4n) is 2.99. The first-order chi connectivity index (χ1) is 13.0. The fraction of sp³-hybridized carbons (Fsp3) is 0.286. The van der Waals surface area contributed by atoms with E-state index in [0.29, 0.717) is 16.6 Å². The van der Waals surface area contributed by atoms with Crippen molar-refractivity contribution in [2.75, 3.05) is 38.1 Å². The van der Waals surface area contributed by atoms with Gasteiger partial charge < -0.3 is 15.1 Å². The molecule has 2 aromatic rings. The SMILES string of the molecule is CN1CCN(c2cc(Cl)ccc2/C=C\C(=O)NCc2ccc(Cl)cc2)CC1. The summed E-state index contributed by atoms with van der Waals surface area (Å²) in [4.78, 5) is 16.8. The number of hydrogen-bond donors (Lipinski definition) is 1. The van der Waals surface area contributed by atoms with Crippen molar-refractivity contribution < 1.29 is 4.79 Å². The van der Waals surface area contributed by atoms with Gasteiger partial charge in [-0.25, -0.2) is 0 Å². The maximum absolute atomic E-state index is 12.2. The molecule has 1 N–H and O–H groups in total. The molecule has 27 heavy (non-hydrogen) atoms. The van der Waals surface area contributed by atoms with Gasteiger partial charge in [-0.1, -0.05) is 41.4 Å². The third-order valence-electron chi connectivity index (χ3n) is 4.63. The first kappa shape index (κ1) is 19.7. The van der Waals surface area contributed by atoms with E-state index in [0.717, 1.165) is 43.0 Å². The standard InChI is InChI=1S/C21H23Cl2N3O/c1-25-10-12-26(13-11-25)20-14-19(23)8-4-17(20)5-9-21(27)24-15-16-2-6-18(22)7-3-16/h2-9,14H,10-13,15H2,1H3,(H,24,27)/b9-5-. The lowest BCUT2D eigenvalue weighted by atomic mass is 10.1. The molecule has 1 fully saturated rings. The maximum Gasteiger partial charge on any atom is 0.244 e. The number of benzene rings is 2. The zero-order valence-corrected chi connectivity index (χ0v) is 16.8. The van der Waals surface area contributed by atoms with E-state index in [1.807, 2.05) is 48.5 Å². The second kappa shape index (κ2) is 9.27. The van der Waals surface area contributed by atoms with Crippen LogP contribution >= 0.6 is 23.2 Å². The molecule has 0 saturated carbocycles. The third-order valence-corrected chi connectivity index (χ3v) is 5.12. The highest BCUT2D eigenvalue weighted by atomic mass is 35.5. The lowest BCUT2D eigenvalue weighted by molar-refractivity contribution is -0.116. The molecule has 1 amide bonds. The van der Waals surface area contributed by atoms with Crippen LogP contribution in [0.3, 0.4) is 0 Å². The molecule has 2 aromatic carbocycles. The Hall–Kier alpha value is -2.01. The summed E-state index contributed by atoms with van der Waals surface area (Å²) in [5.41, 5.74) is 3.06. The molecule has 142 valence electrons. The van der Waals surface area contributed by atoms with Gasteiger partial charge in [0.1, 0.15) is 0 Å². The zero-order valence-electron chi connectivity index (χ0n) is 15.3. The Morgan fingerprint density at radius 2 is 1.70 bits per heavy atom. The predicted molar refractivity (Wildman–Crippen MR) is 113 cm³/mol. The van der Waals surface area contributed by atoms with Crippen LogP contribution in [0.5, 0.6) is 0 Å². The Morgan fingerprint density at radius 3 is 2.41 bits per heavy atom. The third kappa shape index (κ3) is 5.73. The Kier molecular flexibility index (Phi) is 6.78. The normalized spacial score (nSPS) is 15.3. The van der Waals surface area contributed by atoms with Gasteiger partial charge in [-0.05, 0) is 48.5 Å². The number of rotatable bonds is 5. The van der Waals surface area contributed by atoms with E-state index in [1.54, 1.807) is 6.08 Å². The molecule has 0 bridgehead atoms. The van der Waals surface area contributed by atoms with Crippen LogP contribution in [-0.2, 0) is 11.3 Å². The van der Waals surface area contributed by atoms with Gasteiger partial charge in [0, 0.05) is 54.5 Å². The number of likely N-dealkylation sites (N-methyl/N-ethyl adjacent to an activating group) is 1. The minimum atomic E-state index is -0.135. The summed E-state index contributed by atoms with van der Waals surface area (Å²) in [5, 5.41) is 4.28. The molecule has 1 aliphatic rings. The van der Waals surface area contributed by atoms with Crippen LogP contribution in [0.2, 0.25) is 10.0 Å². The largest absolute Gasteiger partial charge is 0.368 e. The quantitative estimate of drug-likeness (QED) is 0.763. The van der Waals surface area contributed by atoms with Crippen LogP contribution in [-0.4, -0.2) is 44.0 Å². The Bertz CT molecular complexity index is 813. The number of nitrogens with one attached hydrogen (secondary N) is 1. The number of carbonyl (C=O) groups excluding carboxylic acids is 1. The second-order valence-electron chi connectivity index (χ2n) is 6.67. The first-order valence-electron chi connectivity index (χ1n) is 8.95. The van der Waals surface area contributed by atoms with E-state index >= 15 is 0 Å². The summed E-state index contributed by atoms with van der Waals surface area (Å²) < 4.78 is 0. The van der Waals surface area contributed by atoms with Crippen molar-refractivity contribution >= 4 is 40.9 Å². The highest BCUT2D eigenvalue weighted by Gasteiger charge is 2.16. The molecule has 1 aliphatic heterocycles. The van der Waals surface area contributed by atoms with Crippen molar-refractivity contribution in [1.29, 1.82) is 0 Å². The van der Waals surface area contributed by atoms with E-state index in [1.165, 1.54) is 0 Å². The topological polar surface area (TPSA) is 35.6 Å². The summed E-state index contributed by atoms with van der Waals surface area (Å²) in [6.07, 6.45) is 3.42. The van der Waals surface area contributed by atoms with Gasteiger partial charge in [0.25, 0.3) is 0 Å². The molecule has 0 atom stereocenters. The van der Waals surface area contributed by atoms with Gasteiger partial charge in [-0.2, -0.15) is 0 Å². The van der Waals surface area contributed by atoms with Crippen LogP contribution in [0.15, 0.2) is 48.5 Å². The van der Waals surface area contributed by atoms with Crippen molar-refractivity contribution in [2.45, 2.75) is 6.54 Å². The smallest absolute Gasteiger partial charge is 0.244 e. The minimum absolute atomic E-state index is 0.135. The lowest BCUT2D eigenvalue weighted by Crippen LogP contribution is -2.44. The van der Waals surface area contributed by atoms with Crippen molar-refractivity contribution in [3.63, 3.8) is 0 Å². The van der Waals surface area contributed by atoms with Crippen LogP contribution in [0, 0.1) is 0 Å². The Labute approximate surface area is 170 Å². The molecule has 1 saturated heterocycles. The second-order valence-corrected chi connectivity index (χ2v) is 7.54. The molecular weight excluding hydrogens is 381 g/mol. The lowest BCUT2D eigenvalue weighted by Gasteiger charge is -2.35. The summed E-state index contributed by atoms with van der Waals surface area (Å²) >= 11 is 12.1. The van der Waals surface area contributed by atoms with Crippen molar-refractivity contribution in [2.24, 2.45) is 0 Å². The molecule has 0 aromatic heterocycles. The number of nitrogens with zero attached hydrogens (tertiary/aromatic N) is 2. The van der Waals surface area contributed by atoms with E-state index in [-0.39, 0.29) is 5.91 Å². The Morgan fingerprint density at radius 1 is 1.04 bits per heavy atom.